The highest BCUT2D eigenvalue weighted by atomic mass is 32.2. The molecule has 1 amide bonds. The van der Waals surface area contributed by atoms with E-state index in [1.54, 1.807) is 24.5 Å². The number of rotatable bonds is 6. The molecule has 0 bridgehead atoms. The lowest BCUT2D eigenvalue weighted by Crippen LogP contribution is -2.27. The van der Waals surface area contributed by atoms with Gasteiger partial charge in [-0.15, -0.1) is 0 Å². The highest BCUT2D eigenvalue weighted by Crippen LogP contribution is 2.25. The first-order valence-corrected chi connectivity index (χ1v) is 8.55. The zero-order chi connectivity index (χ0) is 16.1. The molecule has 0 aliphatic heterocycles. The Kier molecular flexibility index (Phi) is 5.49. The summed E-state index contributed by atoms with van der Waals surface area (Å²) in [6.07, 6.45) is 3.70. The quantitative estimate of drug-likeness (QED) is 0.889. The summed E-state index contributed by atoms with van der Waals surface area (Å²) < 4.78 is 29.5. The van der Waals surface area contributed by atoms with Crippen LogP contribution in [0.2, 0.25) is 0 Å². The van der Waals surface area contributed by atoms with Crippen molar-refractivity contribution in [3.05, 3.63) is 48.2 Å². The van der Waals surface area contributed by atoms with Gasteiger partial charge in [0.1, 0.15) is 5.82 Å². The minimum absolute atomic E-state index is 0.0217. The fourth-order valence-electron chi connectivity index (χ4n) is 1.98. The summed E-state index contributed by atoms with van der Waals surface area (Å²) in [5.74, 6) is -0.477. The van der Waals surface area contributed by atoms with Crippen molar-refractivity contribution in [3.63, 3.8) is 0 Å². The summed E-state index contributed by atoms with van der Waals surface area (Å²) >= 11 is 0. The number of carbonyl (C=O) groups is 1. The summed E-state index contributed by atoms with van der Waals surface area (Å²) in [5, 5.41) is 2.77. The second-order valence-electron chi connectivity index (χ2n) is 5.02. The summed E-state index contributed by atoms with van der Waals surface area (Å²) in [4.78, 5) is 12.2. The molecule has 0 radical (unpaired) electrons. The lowest BCUT2D eigenvalue weighted by molar-refractivity contribution is 0.0926. The fourth-order valence-corrected chi connectivity index (χ4v) is 2.43. The minimum atomic E-state index is -0.908. The van der Waals surface area contributed by atoms with Gasteiger partial charge >= 0.3 is 0 Å². The summed E-state index contributed by atoms with van der Waals surface area (Å²) in [6.45, 7) is 2.29. The first-order chi connectivity index (χ1) is 10.5. The van der Waals surface area contributed by atoms with Crippen LogP contribution in [0.5, 0.6) is 0 Å². The van der Waals surface area contributed by atoms with Crippen LogP contribution in [0.1, 0.15) is 23.9 Å². The topological polar surface area (TPSA) is 59.3 Å². The van der Waals surface area contributed by atoms with Crippen molar-refractivity contribution in [3.8, 4) is 11.1 Å². The van der Waals surface area contributed by atoms with Gasteiger partial charge in [0.2, 0.25) is 0 Å². The number of halogens is 1. The molecule has 1 N–H and O–H groups in total. The van der Waals surface area contributed by atoms with E-state index >= 15 is 0 Å². The molecule has 0 spiro atoms. The Balaban J connectivity index is 2.04. The summed E-state index contributed by atoms with van der Waals surface area (Å²) in [5.41, 5.74) is 1.33. The minimum Gasteiger partial charge on any atom is -0.459 e. The van der Waals surface area contributed by atoms with Gasteiger partial charge in [-0.2, -0.15) is 0 Å². The molecule has 6 heteroatoms. The molecule has 1 aromatic carbocycles. The van der Waals surface area contributed by atoms with Gasteiger partial charge in [0.25, 0.3) is 5.91 Å². The number of furan rings is 1. The first kappa shape index (κ1) is 16.4. The Morgan fingerprint density at radius 3 is 2.64 bits per heavy atom. The fraction of sp³-hybridized carbons (Fsp3) is 0.312. The first-order valence-electron chi connectivity index (χ1n) is 6.93. The lowest BCUT2D eigenvalue weighted by atomic mass is 10.1. The van der Waals surface area contributed by atoms with Gasteiger partial charge < -0.3 is 9.73 Å². The average molecular weight is 323 g/mol. The molecular formula is C16H18FNO3S. The Hall–Kier alpha value is -1.95. The van der Waals surface area contributed by atoms with Crippen molar-refractivity contribution < 1.29 is 17.8 Å². The van der Waals surface area contributed by atoms with Crippen molar-refractivity contribution in [1.82, 2.24) is 5.32 Å². The maximum absolute atomic E-state index is 13.0. The monoisotopic (exact) mass is 323 g/mol. The van der Waals surface area contributed by atoms with Gasteiger partial charge in [-0.1, -0.05) is 19.1 Å². The largest absolute Gasteiger partial charge is 0.459 e. The van der Waals surface area contributed by atoms with Gasteiger partial charge in [0.05, 0.1) is 6.26 Å². The van der Waals surface area contributed by atoms with E-state index in [9.17, 15) is 13.4 Å². The van der Waals surface area contributed by atoms with E-state index in [2.05, 4.69) is 5.32 Å². The Bertz CT molecular complexity index is 666. The third-order valence-electron chi connectivity index (χ3n) is 3.43. The van der Waals surface area contributed by atoms with E-state index in [1.165, 1.54) is 18.4 Å². The maximum atomic E-state index is 13.0. The smallest absolute Gasteiger partial charge is 0.287 e. The van der Waals surface area contributed by atoms with Crippen LogP contribution < -0.4 is 5.32 Å². The molecular weight excluding hydrogens is 305 g/mol. The number of amides is 1. The van der Waals surface area contributed by atoms with E-state index in [1.807, 2.05) is 6.92 Å². The van der Waals surface area contributed by atoms with Crippen molar-refractivity contribution in [2.45, 2.75) is 18.6 Å². The van der Waals surface area contributed by atoms with Crippen molar-refractivity contribution >= 4 is 16.7 Å². The van der Waals surface area contributed by atoms with Gasteiger partial charge in [-0.05, 0) is 30.2 Å². The third kappa shape index (κ3) is 4.04. The molecule has 0 aliphatic rings. The SMILES string of the molecule is C[C@H](CCNC(=O)c1occc1-c1ccc(F)cc1)[S@@](C)=O. The molecule has 0 saturated carbocycles. The Morgan fingerprint density at radius 2 is 2.00 bits per heavy atom. The summed E-state index contributed by atoms with van der Waals surface area (Å²) in [7, 11) is -0.908. The number of hydrogen-bond acceptors (Lipinski definition) is 3. The van der Waals surface area contributed by atoms with Crippen LogP contribution in [0.15, 0.2) is 41.0 Å². The molecule has 22 heavy (non-hydrogen) atoms. The van der Waals surface area contributed by atoms with Crippen LogP contribution >= 0.6 is 0 Å². The van der Waals surface area contributed by atoms with Crippen LogP contribution in [0.4, 0.5) is 4.39 Å². The molecule has 1 aromatic heterocycles. The normalized spacial score (nSPS) is 13.6. The predicted molar refractivity (Wildman–Crippen MR) is 84.6 cm³/mol. The number of benzene rings is 1. The van der Waals surface area contributed by atoms with Gasteiger partial charge in [-0.25, -0.2) is 4.39 Å². The molecule has 0 saturated heterocycles. The van der Waals surface area contributed by atoms with Gasteiger partial charge in [0, 0.05) is 34.4 Å². The molecule has 0 aliphatic carbocycles. The molecule has 0 unspecified atom stereocenters. The van der Waals surface area contributed by atoms with Crippen molar-refractivity contribution in [2.75, 3.05) is 12.8 Å². The zero-order valence-electron chi connectivity index (χ0n) is 12.5. The van der Waals surface area contributed by atoms with Crippen LogP contribution in [0.3, 0.4) is 0 Å². The summed E-state index contributed by atoms with van der Waals surface area (Å²) in [6, 6.07) is 7.54. The van der Waals surface area contributed by atoms with Gasteiger partial charge in [-0.3, -0.25) is 9.00 Å². The molecule has 2 atom stereocenters. The Morgan fingerprint density at radius 1 is 1.32 bits per heavy atom. The van der Waals surface area contributed by atoms with Gasteiger partial charge in [0.15, 0.2) is 5.76 Å². The lowest BCUT2D eigenvalue weighted by Gasteiger charge is -2.09. The molecule has 1 heterocycles. The van der Waals surface area contributed by atoms with Crippen LogP contribution in [0.25, 0.3) is 11.1 Å². The number of hydrogen-bond donors (Lipinski definition) is 1. The second-order valence-corrected chi connectivity index (χ2v) is 6.83. The highest BCUT2D eigenvalue weighted by molar-refractivity contribution is 7.84. The number of carbonyl (C=O) groups excluding carboxylic acids is 1. The van der Waals surface area contributed by atoms with Crippen LogP contribution in [-0.4, -0.2) is 28.2 Å². The Labute approximate surface area is 131 Å². The van der Waals surface area contributed by atoms with Crippen LogP contribution in [0, 0.1) is 5.82 Å². The molecule has 2 rings (SSSR count). The van der Waals surface area contributed by atoms with E-state index in [0.717, 1.165) is 0 Å². The van der Waals surface area contributed by atoms with E-state index in [4.69, 9.17) is 4.42 Å². The molecule has 0 fully saturated rings. The second kappa shape index (κ2) is 7.35. The molecule has 2 aromatic rings. The van der Waals surface area contributed by atoms with E-state index in [0.29, 0.717) is 24.1 Å². The zero-order valence-corrected chi connectivity index (χ0v) is 13.3. The maximum Gasteiger partial charge on any atom is 0.287 e. The standard InChI is InChI=1S/C16H18FNO3S/c1-11(22(2)20)7-9-18-16(19)15-14(8-10-21-15)12-3-5-13(17)6-4-12/h3-6,8,10-11H,7,9H2,1-2H3,(H,18,19)/t11-,22-/m1/s1. The van der Waals surface area contributed by atoms with Crippen LogP contribution in [-0.2, 0) is 10.8 Å². The van der Waals surface area contributed by atoms with E-state index in [-0.39, 0.29) is 22.7 Å². The molecule has 118 valence electrons. The predicted octanol–water partition coefficient (Wildman–Crippen LogP) is 2.97. The van der Waals surface area contributed by atoms with Crippen molar-refractivity contribution in [2.24, 2.45) is 0 Å². The average Bonchev–Trinajstić information content (AvgIpc) is 2.97. The highest BCUT2D eigenvalue weighted by Gasteiger charge is 2.17. The van der Waals surface area contributed by atoms with E-state index < -0.39 is 10.8 Å². The third-order valence-corrected chi connectivity index (χ3v) is 4.80. The number of nitrogens with one attached hydrogen (secondary N) is 1. The van der Waals surface area contributed by atoms with Crippen molar-refractivity contribution in [1.29, 1.82) is 0 Å². The molecule has 4 nitrogen and oxygen atoms in total.